The van der Waals surface area contributed by atoms with E-state index in [9.17, 15) is 9.59 Å². The molecule has 0 atom stereocenters. The molecule has 1 aliphatic rings. The molecule has 1 N–H and O–H groups in total. The van der Waals surface area contributed by atoms with Crippen LogP contribution in [0, 0.1) is 0 Å². The van der Waals surface area contributed by atoms with E-state index >= 15 is 0 Å². The fourth-order valence-electron chi connectivity index (χ4n) is 3.31. The van der Waals surface area contributed by atoms with Gasteiger partial charge in [0.1, 0.15) is 0 Å². The first-order chi connectivity index (χ1) is 14.1. The van der Waals surface area contributed by atoms with Gasteiger partial charge in [-0.25, -0.2) is 0 Å². The van der Waals surface area contributed by atoms with Crippen LogP contribution in [0.5, 0.6) is 11.5 Å². The summed E-state index contributed by atoms with van der Waals surface area (Å²) in [6.45, 7) is 0.981. The van der Waals surface area contributed by atoms with Crippen molar-refractivity contribution in [3.05, 3.63) is 71.8 Å². The van der Waals surface area contributed by atoms with Crippen molar-refractivity contribution in [2.24, 2.45) is 0 Å². The monoisotopic (exact) mass is 390 g/mol. The maximum absolute atomic E-state index is 12.4. The minimum absolute atomic E-state index is 0.0403. The highest BCUT2D eigenvalue weighted by molar-refractivity contribution is 5.98. The summed E-state index contributed by atoms with van der Waals surface area (Å²) in [4.78, 5) is 26.4. The second-order valence-electron chi connectivity index (χ2n) is 7.01. The van der Waals surface area contributed by atoms with E-state index < -0.39 is 0 Å². The molecule has 0 aliphatic carbocycles. The zero-order valence-electron chi connectivity index (χ0n) is 16.2. The molecule has 0 aromatic heterocycles. The Kier molecular flexibility index (Phi) is 5.33. The number of benzene rings is 3. The number of nitrogens with one attached hydrogen (secondary N) is 1. The lowest BCUT2D eigenvalue weighted by molar-refractivity contribution is -0.130. The number of rotatable bonds is 6. The number of fused-ring (bicyclic) bond motifs is 2. The van der Waals surface area contributed by atoms with Gasteiger partial charge in [0.25, 0.3) is 5.91 Å². The number of carbonyl (C=O) groups is 2. The number of carbonyl (C=O) groups excluding carboxylic acids is 2. The van der Waals surface area contributed by atoms with E-state index in [0.29, 0.717) is 17.9 Å². The summed E-state index contributed by atoms with van der Waals surface area (Å²) < 4.78 is 10.7. The molecule has 6 nitrogen and oxygen atoms in total. The SMILES string of the molecule is CN(Cc1ccc2c(c1)OCO2)C(=O)CCNC(=O)c1ccc2ccccc2c1. The van der Waals surface area contributed by atoms with Gasteiger partial charge in [-0.1, -0.05) is 36.4 Å². The van der Waals surface area contributed by atoms with Gasteiger partial charge < -0.3 is 19.7 Å². The predicted molar refractivity (Wildman–Crippen MR) is 110 cm³/mol. The zero-order chi connectivity index (χ0) is 20.2. The molecule has 1 heterocycles. The Morgan fingerprint density at radius 1 is 0.966 bits per heavy atom. The topological polar surface area (TPSA) is 67.9 Å². The van der Waals surface area contributed by atoms with Crippen LogP contribution >= 0.6 is 0 Å². The van der Waals surface area contributed by atoms with Gasteiger partial charge in [0.2, 0.25) is 12.7 Å². The Morgan fingerprint density at radius 3 is 2.62 bits per heavy atom. The fraction of sp³-hybridized carbons (Fsp3) is 0.217. The highest BCUT2D eigenvalue weighted by Crippen LogP contribution is 2.32. The molecular formula is C23H22N2O4. The van der Waals surface area contributed by atoms with Crippen molar-refractivity contribution < 1.29 is 19.1 Å². The maximum Gasteiger partial charge on any atom is 0.251 e. The minimum Gasteiger partial charge on any atom is -0.454 e. The number of hydrogen-bond acceptors (Lipinski definition) is 4. The van der Waals surface area contributed by atoms with Crippen molar-refractivity contribution in [3.63, 3.8) is 0 Å². The largest absolute Gasteiger partial charge is 0.454 e. The highest BCUT2D eigenvalue weighted by Gasteiger charge is 2.15. The van der Waals surface area contributed by atoms with Crippen molar-refractivity contribution in [1.29, 1.82) is 0 Å². The first-order valence-electron chi connectivity index (χ1n) is 9.49. The molecule has 6 heteroatoms. The molecule has 0 radical (unpaired) electrons. The maximum atomic E-state index is 12.4. The van der Waals surface area contributed by atoms with Gasteiger partial charge in [0.05, 0.1) is 0 Å². The van der Waals surface area contributed by atoms with Gasteiger partial charge in [-0.3, -0.25) is 9.59 Å². The molecule has 148 valence electrons. The molecule has 2 amide bonds. The average molecular weight is 390 g/mol. The molecular weight excluding hydrogens is 368 g/mol. The number of hydrogen-bond donors (Lipinski definition) is 1. The minimum atomic E-state index is -0.179. The first kappa shape index (κ1) is 18.8. The first-order valence-corrected chi connectivity index (χ1v) is 9.49. The number of amides is 2. The van der Waals surface area contributed by atoms with E-state index in [0.717, 1.165) is 22.1 Å². The van der Waals surface area contributed by atoms with Gasteiger partial charge >= 0.3 is 0 Å². The molecule has 3 aromatic carbocycles. The van der Waals surface area contributed by atoms with Crippen LogP contribution < -0.4 is 14.8 Å². The summed E-state index contributed by atoms with van der Waals surface area (Å²) in [5, 5.41) is 4.93. The smallest absolute Gasteiger partial charge is 0.251 e. The standard InChI is InChI=1S/C23H22N2O4/c1-25(14-16-6-9-20-21(12-16)29-15-28-20)22(26)10-11-24-23(27)19-8-7-17-4-2-3-5-18(17)13-19/h2-9,12-13H,10-11,14-15H2,1H3,(H,24,27). The summed E-state index contributed by atoms with van der Waals surface area (Å²) in [5.74, 6) is 1.20. The van der Waals surface area contributed by atoms with E-state index in [1.54, 1.807) is 18.0 Å². The molecule has 0 fully saturated rings. The van der Waals surface area contributed by atoms with Crippen molar-refractivity contribution in [1.82, 2.24) is 10.2 Å². The van der Waals surface area contributed by atoms with Crippen molar-refractivity contribution >= 4 is 22.6 Å². The van der Waals surface area contributed by atoms with E-state index in [1.165, 1.54) is 0 Å². The molecule has 1 aliphatic heterocycles. The van der Waals surface area contributed by atoms with Gasteiger partial charge in [0.15, 0.2) is 11.5 Å². The Bertz CT molecular complexity index is 1060. The summed E-state index contributed by atoms with van der Waals surface area (Å²) in [5.41, 5.74) is 1.55. The number of nitrogens with zero attached hydrogens (tertiary/aromatic N) is 1. The lowest BCUT2D eigenvalue weighted by Gasteiger charge is -2.17. The van der Waals surface area contributed by atoms with Crippen LogP contribution in [0.3, 0.4) is 0 Å². The van der Waals surface area contributed by atoms with Gasteiger partial charge in [0, 0.05) is 32.1 Å². The van der Waals surface area contributed by atoms with Crippen molar-refractivity contribution in [3.8, 4) is 11.5 Å². The zero-order valence-corrected chi connectivity index (χ0v) is 16.2. The van der Waals surface area contributed by atoms with Crippen LogP contribution in [0.4, 0.5) is 0 Å². The van der Waals surface area contributed by atoms with E-state index in [1.807, 2.05) is 54.6 Å². The Morgan fingerprint density at radius 2 is 1.76 bits per heavy atom. The third-order valence-corrected chi connectivity index (χ3v) is 4.92. The third-order valence-electron chi connectivity index (χ3n) is 4.92. The molecule has 0 unspecified atom stereocenters. The average Bonchev–Trinajstić information content (AvgIpc) is 3.21. The molecule has 4 rings (SSSR count). The van der Waals surface area contributed by atoms with Crippen LogP contribution in [-0.2, 0) is 11.3 Å². The summed E-state index contributed by atoms with van der Waals surface area (Å²) in [7, 11) is 1.75. The van der Waals surface area contributed by atoms with E-state index in [4.69, 9.17) is 9.47 Å². The second-order valence-corrected chi connectivity index (χ2v) is 7.01. The molecule has 0 bridgehead atoms. The van der Waals surface area contributed by atoms with Crippen LogP contribution in [0.15, 0.2) is 60.7 Å². The predicted octanol–water partition coefficient (Wildman–Crippen LogP) is 3.35. The van der Waals surface area contributed by atoms with E-state index in [-0.39, 0.29) is 31.6 Å². The van der Waals surface area contributed by atoms with Crippen LogP contribution in [-0.4, -0.2) is 37.1 Å². The molecule has 29 heavy (non-hydrogen) atoms. The normalized spacial score (nSPS) is 12.0. The van der Waals surface area contributed by atoms with Gasteiger partial charge in [-0.05, 0) is 40.6 Å². The molecule has 0 saturated heterocycles. The Labute approximate surface area is 169 Å². The summed E-state index contributed by atoms with van der Waals surface area (Å²) in [6, 6.07) is 19.1. The van der Waals surface area contributed by atoms with Crippen LogP contribution in [0.2, 0.25) is 0 Å². The second kappa shape index (κ2) is 8.22. The fourth-order valence-corrected chi connectivity index (χ4v) is 3.31. The molecule has 0 spiro atoms. The quantitative estimate of drug-likeness (QED) is 0.701. The summed E-state index contributed by atoms with van der Waals surface area (Å²) >= 11 is 0. The Balaban J connectivity index is 1.28. The number of ether oxygens (including phenoxy) is 2. The lowest BCUT2D eigenvalue weighted by Crippen LogP contribution is -2.31. The molecule has 3 aromatic rings. The van der Waals surface area contributed by atoms with Gasteiger partial charge in [-0.2, -0.15) is 0 Å². The Hall–Kier alpha value is -3.54. The van der Waals surface area contributed by atoms with Crippen molar-refractivity contribution in [2.75, 3.05) is 20.4 Å². The van der Waals surface area contributed by atoms with Gasteiger partial charge in [-0.15, -0.1) is 0 Å². The summed E-state index contributed by atoms with van der Waals surface area (Å²) in [6.07, 6.45) is 0.236. The van der Waals surface area contributed by atoms with Crippen LogP contribution in [0.25, 0.3) is 10.8 Å². The van der Waals surface area contributed by atoms with E-state index in [2.05, 4.69) is 5.32 Å². The third kappa shape index (κ3) is 4.32. The molecule has 0 saturated carbocycles. The highest BCUT2D eigenvalue weighted by atomic mass is 16.7. The van der Waals surface area contributed by atoms with Crippen LogP contribution in [0.1, 0.15) is 22.3 Å². The lowest BCUT2D eigenvalue weighted by atomic mass is 10.1. The van der Waals surface area contributed by atoms with Crippen molar-refractivity contribution in [2.45, 2.75) is 13.0 Å².